The lowest BCUT2D eigenvalue weighted by atomic mass is 10.0. The standard InChI is InChI=1S/C15H23NO3S/c1-4-13-7-5-6-10-16(13)20(17,18)15-11-12(2)8-9-14(15)19-3/h8-9,11,13H,4-7,10H2,1-3H3/t13-/m1/s1. The zero-order valence-electron chi connectivity index (χ0n) is 12.4. The minimum Gasteiger partial charge on any atom is -0.495 e. The molecule has 2 rings (SSSR count). The molecule has 0 N–H and O–H groups in total. The average Bonchev–Trinajstić information content (AvgIpc) is 2.47. The van der Waals surface area contributed by atoms with E-state index in [1.807, 2.05) is 19.9 Å². The van der Waals surface area contributed by atoms with E-state index in [1.54, 1.807) is 16.4 Å². The van der Waals surface area contributed by atoms with Crippen LogP contribution < -0.4 is 4.74 Å². The topological polar surface area (TPSA) is 46.6 Å². The number of aryl methyl sites for hydroxylation is 1. The van der Waals surface area contributed by atoms with E-state index < -0.39 is 10.0 Å². The average molecular weight is 297 g/mol. The van der Waals surface area contributed by atoms with Crippen LogP contribution in [0.3, 0.4) is 0 Å². The summed E-state index contributed by atoms with van der Waals surface area (Å²) in [6.45, 7) is 4.55. The zero-order valence-corrected chi connectivity index (χ0v) is 13.2. The maximum Gasteiger partial charge on any atom is 0.247 e. The first-order valence-corrected chi connectivity index (χ1v) is 8.61. The van der Waals surface area contributed by atoms with E-state index in [-0.39, 0.29) is 6.04 Å². The minimum atomic E-state index is -3.48. The van der Waals surface area contributed by atoms with Crippen LogP contribution in [0.4, 0.5) is 0 Å². The number of piperidine rings is 1. The van der Waals surface area contributed by atoms with Crippen LogP contribution in [0.2, 0.25) is 0 Å². The Labute approximate surface area is 121 Å². The van der Waals surface area contributed by atoms with Crippen LogP contribution in [0, 0.1) is 6.92 Å². The molecule has 1 aliphatic heterocycles. The van der Waals surface area contributed by atoms with Gasteiger partial charge in [-0.15, -0.1) is 0 Å². The number of benzene rings is 1. The van der Waals surface area contributed by atoms with Crippen molar-refractivity contribution in [2.45, 2.75) is 50.5 Å². The van der Waals surface area contributed by atoms with Crippen LogP contribution in [0.1, 0.15) is 38.2 Å². The summed E-state index contributed by atoms with van der Waals surface area (Å²) >= 11 is 0. The molecule has 0 unspecified atom stereocenters. The van der Waals surface area contributed by atoms with Gasteiger partial charge in [0.25, 0.3) is 0 Å². The molecule has 20 heavy (non-hydrogen) atoms. The van der Waals surface area contributed by atoms with Gasteiger partial charge >= 0.3 is 0 Å². The van der Waals surface area contributed by atoms with Gasteiger partial charge in [0, 0.05) is 12.6 Å². The molecule has 1 aromatic carbocycles. The molecule has 1 saturated heterocycles. The van der Waals surface area contributed by atoms with Crippen molar-refractivity contribution in [3.63, 3.8) is 0 Å². The van der Waals surface area contributed by atoms with E-state index in [0.717, 1.165) is 31.2 Å². The second-order valence-corrected chi connectivity index (χ2v) is 7.19. The van der Waals surface area contributed by atoms with Crippen molar-refractivity contribution in [1.29, 1.82) is 0 Å². The van der Waals surface area contributed by atoms with Crippen LogP contribution >= 0.6 is 0 Å². The highest BCUT2D eigenvalue weighted by Gasteiger charge is 2.34. The van der Waals surface area contributed by atoms with Gasteiger partial charge in [-0.2, -0.15) is 4.31 Å². The molecule has 0 spiro atoms. The lowest BCUT2D eigenvalue weighted by Gasteiger charge is -2.34. The van der Waals surface area contributed by atoms with Crippen molar-refractivity contribution in [3.8, 4) is 5.75 Å². The Morgan fingerprint density at radius 2 is 2.10 bits per heavy atom. The molecule has 1 atom stereocenters. The van der Waals surface area contributed by atoms with E-state index >= 15 is 0 Å². The summed E-state index contributed by atoms with van der Waals surface area (Å²) in [7, 11) is -1.97. The summed E-state index contributed by atoms with van der Waals surface area (Å²) in [5.74, 6) is 0.427. The third-order valence-electron chi connectivity index (χ3n) is 3.95. The summed E-state index contributed by atoms with van der Waals surface area (Å²) in [4.78, 5) is 0.292. The number of ether oxygens (including phenoxy) is 1. The van der Waals surface area contributed by atoms with Gasteiger partial charge in [0.15, 0.2) is 0 Å². The highest BCUT2D eigenvalue weighted by atomic mass is 32.2. The second-order valence-electron chi connectivity index (χ2n) is 5.33. The highest BCUT2D eigenvalue weighted by molar-refractivity contribution is 7.89. The molecular formula is C15H23NO3S. The van der Waals surface area contributed by atoms with Crippen LogP contribution in [-0.2, 0) is 10.0 Å². The van der Waals surface area contributed by atoms with Crippen molar-refractivity contribution in [2.75, 3.05) is 13.7 Å². The Balaban J connectivity index is 2.46. The SMILES string of the molecule is CC[C@@H]1CCCCN1S(=O)(=O)c1cc(C)ccc1OC. The predicted octanol–water partition coefficient (Wildman–Crippen LogP) is 2.96. The van der Waals surface area contributed by atoms with Crippen LogP contribution in [0.25, 0.3) is 0 Å². The van der Waals surface area contributed by atoms with Gasteiger partial charge in [0.1, 0.15) is 10.6 Å². The van der Waals surface area contributed by atoms with Crippen molar-refractivity contribution >= 4 is 10.0 Å². The van der Waals surface area contributed by atoms with Gasteiger partial charge in [-0.05, 0) is 43.9 Å². The highest BCUT2D eigenvalue weighted by Crippen LogP contribution is 2.32. The quantitative estimate of drug-likeness (QED) is 0.858. The fraction of sp³-hybridized carbons (Fsp3) is 0.600. The fourth-order valence-corrected chi connectivity index (χ4v) is 4.82. The van der Waals surface area contributed by atoms with E-state index in [0.29, 0.717) is 17.2 Å². The lowest BCUT2D eigenvalue weighted by Crippen LogP contribution is -2.43. The molecular weight excluding hydrogens is 274 g/mol. The van der Waals surface area contributed by atoms with E-state index in [9.17, 15) is 8.42 Å². The summed E-state index contributed by atoms with van der Waals surface area (Å²) in [6.07, 6.45) is 3.84. The van der Waals surface area contributed by atoms with Crippen molar-refractivity contribution in [2.24, 2.45) is 0 Å². The van der Waals surface area contributed by atoms with Gasteiger partial charge in [0.05, 0.1) is 7.11 Å². The first kappa shape index (κ1) is 15.3. The van der Waals surface area contributed by atoms with Crippen molar-refractivity contribution < 1.29 is 13.2 Å². The van der Waals surface area contributed by atoms with Gasteiger partial charge < -0.3 is 4.74 Å². The molecule has 112 valence electrons. The maximum absolute atomic E-state index is 12.9. The monoisotopic (exact) mass is 297 g/mol. The Morgan fingerprint density at radius 3 is 2.75 bits per heavy atom. The zero-order chi connectivity index (χ0) is 14.8. The van der Waals surface area contributed by atoms with E-state index in [1.165, 1.54) is 7.11 Å². The molecule has 5 heteroatoms. The second kappa shape index (κ2) is 6.14. The third-order valence-corrected chi connectivity index (χ3v) is 5.92. The first-order valence-electron chi connectivity index (χ1n) is 7.17. The number of sulfonamides is 1. The van der Waals surface area contributed by atoms with Crippen molar-refractivity contribution in [1.82, 2.24) is 4.31 Å². The number of nitrogens with zero attached hydrogens (tertiary/aromatic N) is 1. The lowest BCUT2D eigenvalue weighted by molar-refractivity contribution is 0.246. The number of hydrogen-bond acceptors (Lipinski definition) is 3. The summed E-state index contributed by atoms with van der Waals surface area (Å²) in [5, 5.41) is 0. The van der Waals surface area contributed by atoms with Crippen molar-refractivity contribution in [3.05, 3.63) is 23.8 Å². The van der Waals surface area contributed by atoms with Gasteiger partial charge in [0.2, 0.25) is 10.0 Å². The normalized spacial score (nSPS) is 20.9. The molecule has 0 aromatic heterocycles. The molecule has 0 bridgehead atoms. The summed E-state index contributed by atoms with van der Waals surface area (Å²) in [6, 6.07) is 5.41. The maximum atomic E-state index is 12.9. The van der Waals surface area contributed by atoms with Gasteiger partial charge in [-0.3, -0.25) is 0 Å². The molecule has 0 aliphatic carbocycles. The van der Waals surface area contributed by atoms with Gasteiger partial charge in [-0.1, -0.05) is 19.4 Å². The smallest absolute Gasteiger partial charge is 0.247 e. The number of rotatable bonds is 4. The molecule has 0 saturated carbocycles. The third kappa shape index (κ3) is 2.83. The Hall–Kier alpha value is -1.07. The number of hydrogen-bond donors (Lipinski definition) is 0. The van der Waals surface area contributed by atoms with Gasteiger partial charge in [-0.25, -0.2) is 8.42 Å². The van der Waals surface area contributed by atoms with Crippen LogP contribution in [-0.4, -0.2) is 32.4 Å². The summed E-state index contributed by atoms with van der Waals surface area (Å²) < 4.78 is 32.8. The Morgan fingerprint density at radius 1 is 1.35 bits per heavy atom. The molecule has 0 amide bonds. The molecule has 1 fully saturated rings. The molecule has 1 heterocycles. The van der Waals surface area contributed by atoms with Crippen LogP contribution in [0.5, 0.6) is 5.75 Å². The van der Waals surface area contributed by atoms with Crippen LogP contribution in [0.15, 0.2) is 23.1 Å². The van der Waals surface area contributed by atoms with E-state index in [2.05, 4.69) is 0 Å². The minimum absolute atomic E-state index is 0.110. The molecule has 0 radical (unpaired) electrons. The predicted molar refractivity (Wildman–Crippen MR) is 79.6 cm³/mol. The summed E-state index contributed by atoms with van der Waals surface area (Å²) in [5.41, 5.74) is 0.925. The Bertz CT molecular complexity index is 568. The van der Waals surface area contributed by atoms with E-state index in [4.69, 9.17) is 4.74 Å². The first-order chi connectivity index (χ1) is 9.50. The fourth-order valence-electron chi connectivity index (χ4n) is 2.81. The number of methoxy groups -OCH3 is 1. The molecule has 1 aromatic rings. The largest absolute Gasteiger partial charge is 0.495 e. The molecule has 1 aliphatic rings. The Kier molecular flexibility index (Phi) is 4.70. The molecule has 4 nitrogen and oxygen atoms in total.